The Morgan fingerprint density at radius 1 is 1.19 bits per heavy atom. The molecule has 112 valence electrons. The number of rotatable bonds is 2. The molecule has 1 heterocycles. The van der Waals surface area contributed by atoms with Crippen molar-refractivity contribution in [3.8, 4) is 0 Å². The Hall–Kier alpha value is -1.91. The number of ketones is 1. The number of hydrogen-bond acceptors (Lipinski definition) is 3. The first kappa shape index (κ1) is 14.0. The average molecular weight is 290 g/mol. The molecule has 5 heteroatoms. The molecular weight excluding hydrogens is 271 g/mol. The Labute approximate surface area is 123 Å². The number of carbonyl (C=O) groups excluding carboxylic acids is 2. The molecule has 1 amide bonds. The monoisotopic (exact) mass is 290 g/mol. The van der Waals surface area contributed by atoms with Crippen LogP contribution in [0.15, 0.2) is 12.1 Å². The van der Waals surface area contributed by atoms with Crippen LogP contribution in [0.2, 0.25) is 0 Å². The molecule has 0 unspecified atom stereocenters. The number of amides is 1. The van der Waals surface area contributed by atoms with E-state index in [0.717, 1.165) is 31.6 Å². The molecule has 21 heavy (non-hydrogen) atoms. The third-order valence-electron chi connectivity index (χ3n) is 4.70. The van der Waals surface area contributed by atoms with Gasteiger partial charge in [0.15, 0.2) is 0 Å². The molecular formula is C16H19FN2O2. The highest BCUT2D eigenvalue weighted by molar-refractivity contribution is 6.51. The van der Waals surface area contributed by atoms with Crippen LogP contribution in [0.5, 0.6) is 0 Å². The average Bonchev–Trinajstić information content (AvgIpc) is 2.73. The van der Waals surface area contributed by atoms with Gasteiger partial charge in [-0.15, -0.1) is 0 Å². The molecule has 0 atom stereocenters. The second kappa shape index (κ2) is 5.13. The molecule has 1 fully saturated rings. The van der Waals surface area contributed by atoms with Crippen LogP contribution in [-0.4, -0.2) is 24.8 Å². The number of nitrogens with zero attached hydrogens (tertiary/aromatic N) is 1. The molecule has 2 aliphatic rings. The van der Waals surface area contributed by atoms with E-state index >= 15 is 0 Å². The normalized spacial score (nSPS) is 24.7. The summed E-state index contributed by atoms with van der Waals surface area (Å²) in [6.45, 7) is 2.24. The van der Waals surface area contributed by atoms with E-state index in [-0.39, 0.29) is 5.56 Å². The number of nitrogens with one attached hydrogen (secondary N) is 1. The van der Waals surface area contributed by atoms with Gasteiger partial charge in [-0.3, -0.25) is 9.59 Å². The Bertz CT molecular complexity index is 607. The highest BCUT2D eigenvalue weighted by atomic mass is 19.1. The van der Waals surface area contributed by atoms with Crippen LogP contribution >= 0.6 is 0 Å². The first-order valence-electron chi connectivity index (χ1n) is 7.39. The summed E-state index contributed by atoms with van der Waals surface area (Å²) in [6, 6.07) is 3.06. The van der Waals surface area contributed by atoms with E-state index in [1.807, 2.05) is 11.9 Å². The number of carbonyl (C=O) groups is 2. The van der Waals surface area contributed by atoms with Crippen molar-refractivity contribution in [2.75, 3.05) is 17.3 Å². The van der Waals surface area contributed by atoms with Gasteiger partial charge in [0.2, 0.25) is 0 Å². The lowest BCUT2D eigenvalue weighted by Crippen LogP contribution is -2.35. The van der Waals surface area contributed by atoms with E-state index in [9.17, 15) is 14.0 Å². The molecule has 0 radical (unpaired) electrons. The topological polar surface area (TPSA) is 49.4 Å². The van der Waals surface area contributed by atoms with Crippen LogP contribution in [-0.2, 0) is 4.79 Å². The molecule has 1 saturated carbocycles. The van der Waals surface area contributed by atoms with Crippen molar-refractivity contribution in [1.29, 1.82) is 0 Å². The lowest BCUT2D eigenvalue weighted by Gasteiger charge is -2.35. The van der Waals surface area contributed by atoms with Gasteiger partial charge in [-0.25, -0.2) is 4.39 Å². The van der Waals surface area contributed by atoms with E-state index in [4.69, 9.17) is 0 Å². The number of hydrogen-bond donors (Lipinski definition) is 1. The zero-order valence-corrected chi connectivity index (χ0v) is 12.3. The quantitative estimate of drug-likeness (QED) is 0.852. The van der Waals surface area contributed by atoms with Gasteiger partial charge in [0.25, 0.3) is 11.7 Å². The van der Waals surface area contributed by atoms with Gasteiger partial charge in [-0.2, -0.15) is 0 Å². The largest absolute Gasteiger partial charge is 0.369 e. The molecule has 0 saturated heterocycles. The molecule has 4 nitrogen and oxygen atoms in total. The minimum atomic E-state index is -0.685. The first-order chi connectivity index (χ1) is 9.97. The highest BCUT2D eigenvalue weighted by Crippen LogP contribution is 2.34. The first-order valence-corrected chi connectivity index (χ1v) is 7.39. The van der Waals surface area contributed by atoms with Crippen molar-refractivity contribution < 1.29 is 14.0 Å². The molecule has 0 spiro atoms. The molecule has 0 aromatic heterocycles. The van der Waals surface area contributed by atoms with Crippen molar-refractivity contribution in [1.82, 2.24) is 0 Å². The summed E-state index contributed by atoms with van der Waals surface area (Å²) in [4.78, 5) is 24.9. The summed E-state index contributed by atoms with van der Waals surface area (Å²) in [5, 5.41) is 2.50. The van der Waals surface area contributed by atoms with Gasteiger partial charge in [0.1, 0.15) is 5.82 Å². The second-order valence-corrected chi connectivity index (χ2v) is 6.16. The Balaban J connectivity index is 1.88. The summed E-state index contributed by atoms with van der Waals surface area (Å²) in [6.07, 6.45) is 4.38. The predicted octanol–water partition coefficient (Wildman–Crippen LogP) is 2.98. The van der Waals surface area contributed by atoms with Crippen molar-refractivity contribution in [3.63, 3.8) is 0 Å². The van der Waals surface area contributed by atoms with Crippen LogP contribution in [0.25, 0.3) is 0 Å². The Morgan fingerprint density at radius 2 is 1.86 bits per heavy atom. The van der Waals surface area contributed by atoms with Gasteiger partial charge in [0.05, 0.1) is 16.9 Å². The minimum Gasteiger partial charge on any atom is -0.369 e. The summed E-state index contributed by atoms with van der Waals surface area (Å²) >= 11 is 0. The maximum absolute atomic E-state index is 14.3. The van der Waals surface area contributed by atoms with E-state index in [1.54, 1.807) is 6.07 Å². The van der Waals surface area contributed by atoms with Gasteiger partial charge < -0.3 is 10.2 Å². The van der Waals surface area contributed by atoms with Crippen molar-refractivity contribution in [2.24, 2.45) is 5.92 Å². The summed E-state index contributed by atoms with van der Waals surface area (Å²) < 4.78 is 14.3. The maximum Gasteiger partial charge on any atom is 0.296 e. The number of anilines is 2. The van der Waals surface area contributed by atoms with Crippen LogP contribution in [0.1, 0.15) is 43.0 Å². The van der Waals surface area contributed by atoms with Crippen molar-refractivity contribution in [3.05, 3.63) is 23.5 Å². The fourth-order valence-electron chi connectivity index (χ4n) is 3.25. The fourth-order valence-corrected chi connectivity index (χ4v) is 3.25. The molecule has 1 aromatic carbocycles. The number of benzene rings is 1. The third-order valence-corrected chi connectivity index (χ3v) is 4.70. The van der Waals surface area contributed by atoms with Gasteiger partial charge in [0, 0.05) is 13.1 Å². The van der Waals surface area contributed by atoms with Crippen molar-refractivity contribution in [2.45, 2.75) is 38.6 Å². The van der Waals surface area contributed by atoms with E-state index in [0.29, 0.717) is 17.4 Å². The van der Waals surface area contributed by atoms with Gasteiger partial charge in [-0.1, -0.05) is 6.92 Å². The molecule has 3 rings (SSSR count). The highest BCUT2D eigenvalue weighted by Gasteiger charge is 2.31. The Kier molecular flexibility index (Phi) is 3.43. The molecule has 1 aromatic rings. The van der Waals surface area contributed by atoms with E-state index < -0.39 is 17.5 Å². The SMILES string of the molecule is CC1CCC(N(C)c2cc3c(cc2F)C(=O)C(=O)N3)CC1. The van der Waals surface area contributed by atoms with E-state index in [2.05, 4.69) is 12.2 Å². The van der Waals surface area contributed by atoms with Crippen LogP contribution in [0, 0.1) is 11.7 Å². The van der Waals surface area contributed by atoms with Crippen LogP contribution < -0.4 is 10.2 Å². The zero-order valence-electron chi connectivity index (χ0n) is 12.3. The summed E-state index contributed by atoms with van der Waals surface area (Å²) in [5.74, 6) is -1.06. The smallest absolute Gasteiger partial charge is 0.296 e. The van der Waals surface area contributed by atoms with Gasteiger partial charge >= 0.3 is 0 Å². The second-order valence-electron chi connectivity index (χ2n) is 6.16. The molecule has 1 aliphatic carbocycles. The zero-order chi connectivity index (χ0) is 15.1. The fraction of sp³-hybridized carbons (Fsp3) is 0.500. The molecule has 0 bridgehead atoms. The number of fused-ring (bicyclic) bond motifs is 1. The molecule has 1 N–H and O–H groups in total. The van der Waals surface area contributed by atoms with Gasteiger partial charge in [-0.05, 0) is 43.7 Å². The lowest BCUT2D eigenvalue weighted by molar-refractivity contribution is -0.112. The summed E-state index contributed by atoms with van der Waals surface area (Å²) in [5.41, 5.74) is 0.993. The van der Waals surface area contributed by atoms with Crippen LogP contribution in [0.4, 0.5) is 15.8 Å². The van der Waals surface area contributed by atoms with Crippen molar-refractivity contribution >= 4 is 23.1 Å². The maximum atomic E-state index is 14.3. The third kappa shape index (κ3) is 2.41. The molecule has 1 aliphatic heterocycles. The number of Topliss-reactive ketones (excluding diaryl/α,β-unsaturated/α-hetero) is 1. The lowest BCUT2D eigenvalue weighted by atomic mass is 9.86. The van der Waals surface area contributed by atoms with E-state index in [1.165, 1.54) is 6.07 Å². The standard InChI is InChI=1S/C16H19FN2O2/c1-9-3-5-10(6-4-9)19(2)14-8-13-11(7-12(14)17)15(20)16(21)18-13/h7-10H,3-6H2,1-2H3,(H,18,20,21). The summed E-state index contributed by atoms with van der Waals surface area (Å²) in [7, 11) is 1.88. The van der Waals surface area contributed by atoms with Crippen LogP contribution in [0.3, 0.4) is 0 Å². The minimum absolute atomic E-state index is 0.131. The predicted molar refractivity (Wildman–Crippen MR) is 79.2 cm³/mol. The number of halogens is 1. The Morgan fingerprint density at radius 3 is 2.52 bits per heavy atom.